The number of ether oxygens (including phenoxy) is 1. The van der Waals surface area contributed by atoms with Gasteiger partial charge in [-0.2, -0.15) is 0 Å². The Morgan fingerprint density at radius 2 is 2.00 bits per heavy atom. The summed E-state index contributed by atoms with van der Waals surface area (Å²) in [5, 5.41) is 3.29. The van der Waals surface area contributed by atoms with E-state index in [0.717, 1.165) is 51.8 Å². The molecular weight excluding hydrogens is 264 g/mol. The first-order chi connectivity index (χ1) is 9.14. The highest BCUT2D eigenvalue weighted by Crippen LogP contribution is 2.16. The highest BCUT2D eigenvalue weighted by molar-refractivity contribution is 7.89. The minimum absolute atomic E-state index is 0.257. The Morgan fingerprint density at radius 1 is 1.26 bits per heavy atom. The van der Waals surface area contributed by atoms with Crippen molar-refractivity contribution in [1.82, 2.24) is 10.0 Å². The average Bonchev–Trinajstić information content (AvgIpc) is 2.42. The normalized spacial score (nSPS) is 17.7. The lowest BCUT2D eigenvalue weighted by Crippen LogP contribution is -2.32. The molecule has 1 fully saturated rings. The Balaban J connectivity index is 2.06. The zero-order chi connectivity index (χ0) is 14.0. The topological polar surface area (TPSA) is 67.4 Å². The van der Waals surface area contributed by atoms with Crippen LogP contribution < -0.4 is 10.0 Å². The molecule has 5 nitrogen and oxygen atoms in total. The molecule has 6 heteroatoms. The van der Waals surface area contributed by atoms with Gasteiger partial charge < -0.3 is 10.1 Å². The van der Waals surface area contributed by atoms with Gasteiger partial charge >= 0.3 is 0 Å². The van der Waals surface area contributed by atoms with Crippen molar-refractivity contribution in [3.63, 3.8) is 0 Å². The lowest BCUT2D eigenvalue weighted by molar-refractivity contribution is 0.133. The van der Waals surface area contributed by atoms with Crippen LogP contribution in [-0.2, 0) is 14.8 Å². The molecule has 114 valence electrons. The van der Waals surface area contributed by atoms with Gasteiger partial charge in [-0.15, -0.1) is 0 Å². The van der Waals surface area contributed by atoms with Gasteiger partial charge in [0.25, 0.3) is 0 Å². The van der Waals surface area contributed by atoms with Crippen LogP contribution in [-0.4, -0.2) is 47.0 Å². The Bertz CT molecular complexity index is 314. The molecule has 0 spiro atoms. The summed E-state index contributed by atoms with van der Waals surface area (Å²) < 4.78 is 31.6. The Hall–Kier alpha value is -0.170. The van der Waals surface area contributed by atoms with Crippen molar-refractivity contribution in [2.45, 2.75) is 39.0 Å². The van der Waals surface area contributed by atoms with Gasteiger partial charge in [-0.1, -0.05) is 6.92 Å². The van der Waals surface area contributed by atoms with Gasteiger partial charge in [-0.3, -0.25) is 0 Å². The van der Waals surface area contributed by atoms with Crippen LogP contribution in [0.5, 0.6) is 0 Å². The molecule has 19 heavy (non-hydrogen) atoms. The van der Waals surface area contributed by atoms with E-state index in [9.17, 15) is 8.42 Å². The predicted octanol–water partition coefficient (Wildman–Crippen LogP) is 1.11. The molecule has 2 N–H and O–H groups in total. The van der Waals surface area contributed by atoms with Gasteiger partial charge in [0.1, 0.15) is 0 Å². The van der Waals surface area contributed by atoms with Crippen LogP contribution in [0.3, 0.4) is 0 Å². The smallest absolute Gasteiger partial charge is 0.211 e. The molecule has 0 radical (unpaired) electrons. The van der Waals surface area contributed by atoms with Crippen LogP contribution >= 0.6 is 0 Å². The highest BCUT2D eigenvalue weighted by Gasteiger charge is 2.17. The first-order valence-electron chi connectivity index (χ1n) is 7.40. The quantitative estimate of drug-likeness (QED) is 0.592. The van der Waals surface area contributed by atoms with Crippen LogP contribution in [0.4, 0.5) is 0 Å². The lowest BCUT2D eigenvalue weighted by atomic mass is 9.96. The summed E-state index contributed by atoms with van der Waals surface area (Å²) in [7, 11) is -3.10. The molecule has 1 heterocycles. The van der Waals surface area contributed by atoms with Gasteiger partial charge in [0.05, 0.1) is 5.75 Å². The van der Waals surface area contributed by atoms with Crippen molar-refractivity contribution in [1.29, 1.82) is 0 Å². The van der Waals surface area contributed by atoms with Crippen LogP contribution in [0.2, 0.25) is 0 Å². The van der Waals surface area contributed by atoms with E-state index in [1.165, 1.54) is 0 Å². The van der Waals surface area contributed by atoms with Gasteiger partial charge in [-0.05, 0) is 51.1 Å². The number of nitrogens with one attached hydrogen (secondary N) is 2. The van der Waals surface area contributed by atoms with Gasteiger partial charge in [0.15, 0.2) is 0 Å². The number of piperidine rings is 1. The summed E-state index contributed by atoms with van der Waals surface area (Å²) in [6.07, 6.45) is 4.72. The molecule has 0 amide bonds. The van der Waals surface area contributed by atoms with E-state index in [2.05, 4.69) is 17.0 Å². The van der Waals surface area contributed by atoms with Gasteiger partial charge in [0, 0.05) is 19.8 Å². The molecule has 1 aliphatic rings. The van der Waals surface area contributed by atoms with E-state index < -0.39 is 10.0 Å². The summed E-state index contributed by atoms with van der Waals surface area (Å²) in [5.41, 5.74) is 0. The van der Waals surface area contributed by atoms with Crippen molar-refractivity contribution in [2.24, 2.45) is 5.92 Å². The maximum absolute atomic E-state index is 11.8. The number of hydrogen-bond acceptors (Lipinski definition) is 4. The summed E-state index contributed by atoms with van der Waals surface area (Å²) in [6.45, 7) is 5.97. The second kappa shape index (κ2) is 9.69. The molecule has 0 atom stereocenters. The molecule has 1 aliphatic heterocycles. The van der Waals surface area contributed by atoms with E-state index in [1.54, 1.807) is 0 Å². The third-order valence-corrected chi connectivity index (χ3v) is 4.81. The summed E-state index contributed by atoms with van der Waals surface area (Å²) in [6, 6.07) is 0. The second-order valence-electron chi connectivity index (χ2n) is 5.16. The standard InChI is InChI=1S/C13H28N2O3S/c1-2-10-18-11-3-7-15-19(16,17)12-6-13-4-8-14-9-5-13/h13-15H,2-12H2,1H3. The Labute approximate surface area is 117 Å². The summed E-state index contributed by atoms with van der Waals surface area (Å²) >= 11 is 0. The SMILES string of the molecule is CCCOCCCNS(=O)(=O)CCC1CCNCC1. The molecule has 1 rings (SSSR count). The van der Waals surface area contributed by atoms with Crippen LogP contribution in [0.25, 0.3) is 0 Å². The second-order valence-corrected chi connectivity index (χ2v) is 7.09. The predicted molar refractivity (Wildman–Crippen MR) is 77.7 cm³/mol. The fourth-order valence-electron chi connectivity index (χ4n) is 2.21. The first-order valence-corrected chi connectivity index (χ1v) is 9.05. The monoisotopic (exact) mass is 292 g/mol. The lowest BCUT2D eigenvalue weighted by Gasteiger charge is -2.22. The zero-order valence-corrected chi connectivity index (χ0v) is 12.8. The van der Waals surface area contributed by atoms with Crippen molar-refractivity contribution in [3.8, 4) is 0 Å². The minimum Gasteiger partial charge on any atom is -0.381 e. The summed E-state index contributed by atoms with van der Waals surface area (Å²) in [5.74, 6) is 0.818. The Morgan fingerprint density at radius 3 is 2.68 bits per heavy atom. The fraction of sp³-hybridized carbons (Fsp3) is 1.00. The van der Waals surface area contributed by atoms with E-state index in [1.807, 2.05) is 0 Å². The first kappa shape index (κ1) is 16.9. The van der Waals surface area contributed by atoms with Crippen LogP contribution in [0.1, 0.15) is 39.0 Å². The fourth-order valence-corrected chi connectivity index (χ4v) is 3.46. The Kier molecular flexibility index (Phi) is 8.61. The highest BCUT2D eigenvalue weighted by atomic mass is 32.2. The average molecular weight is 292 g/mol. The van der Waals surface area contributed by atoms with E-state index >= 15 is 0 Å². The molecule has 0 aromatic heterocycles. The van der Waals surface area contributed by atoms with E-state index in [0.29, 0.717) is 19.1 Å². The third kappa shape index (κ3) is 8.57. The molecule has 0 unspecified atom stereocenters. The number of hydrogen-bond donors (Lipinski definition) is 2. The van der Waals surface area contributed by atoms with Crippen LogP contribution in [0, 0.1) is 5.92 Å². The number of sulfonamides is 1. The maximum atomic E-state index is 11.8. The minimum atomic E-state index is -3.10. The van der Waals surface area contributed by atoms with E-state index in [4.69, 9.17) is 4.74 Å². The largest absolute Gasteiger partial charge is 0.381 e. The van der Waals surface area contributed by atoms with Crippen molar-refractivity contribution in [3.05, 3.63) is 0 Å². The summed E-state index contributed by atoms with van der Waals surface area (Å²) in [4.78, 5) is 0. The maximum Gasteiger partial charge on any atom is 0.211 e. The molecule has 0 aliphatic carbocycles. The number of rotatable bonds is 10. The molecule has 0 saturated carbocycles. The molecule has 1 saturated heterocycles. The molecular formula is C13H28N2O3S. The third-order valence-electron chi connectivity index (χ3n) is 3.39. The van der Waals surface area contributed by atoms with Gasteiger partial charge in [0.2, 0.25) is 10.0 Å². The van der Waals surface area contributed by atoms with E-state index in [-0.39, 0.29) is 5.75 Å². The van der Waals surface area contributed by atoms with Crippen molar-refractivity contribution < 1.29 is 13.2 Å². The van der Waals surface area contributed by atoms with Crippen LogP contribution in [0.15, 0.2) is 0 Å². The van der Waals surface area contributed by atoms with Crippen molar-refractivity contribution >= 4 is 10.0 Å². The van der Waals surface area contributed by atoms with Crippen molar-refractivity contribution in [2.75, 3.05) is 38.6 Å². The molecule has 0 bridgehead atoms. The molecule has 0 aromatic rings. The van der Waals surface area contributed by atoms with Gasteiger partial charge in [-0.25, -0.2) is 13.1 Å². The zero-order valence-electron chi connectivity index (χ0n) is 12.0. The molecule has 0 aromatic carbocycles.